The predicted molar refractivity (Wildman–Crippen MR) is 85.6 cm³/mol. The molecule has 15 heteroatoms. The van der Waals surface area contributed by atoms with Crippen LogP contribution >= 0.6 is 0 Å². The van der Waals surface area contributed by atoms with E-state index in [2.05, 4.69) is 5.43 Å². The van der Waals surface area contributed by atoms with Gasteiger partial charge >= 0.3 is 11.9 Å². The van der Waals surface area contributed by atoms with Crippen molar-refractivity contribution in [1.29, 1.82) is 0 Å². The molecule has 0 aliphatic rings. The van der Waals surface area contributed by atoms with Crippen molar-refractivity contribution in [3.63, 3.8) is 0 Å². The molecule has 0 fully saturated rings. The van der Waals surface area contributed by atoms with Crippen molar-refractivity contribution < 1.29 is 39.0 Å². The standard InChI is InChI=1S/C12H21N7O8/c13-4(10(15)24)1-8(21)18-16-5(2-7(14)20)11(25)19-17-6(12(26)27)3-9(22)23/h4-6,16-17H,1-3,13H2,(H2,14,20)(H2,15,24)(H,18,21)(H,19,25)(H,22,23)(H,26,27). The lowest BCUT2D eigenvalue weighted by Gasteiger charge is -2.20. The number of rotatable bonds is 13. The summed E-state index contributed by atoms with van der Waals surface area (Å²) in [6, 6.07) is -4.36. The number of aliphatic carboxylic acids is 2. The van der Waals surface area contributed by atoms with Crippen LogP contribution < -0.4 is 38.9 Å². The van der Waals surface area contributed by atoms with Crippen molar-refractivity contribution in [3.8, 4) is 0 Å². The summed E-state index contributed by atoms with van der Waals surface area (Å²) in [7, 11) is 0. The van der Waals surface area contributed by atoms with Crippen LogP contribution in [0.5, 0.6) is 0 Å². The molecule has 0 aromatic rings. The zero-order valence-electron chi connectivity index (χ0n) is 13.9. The number of hydrogen-bond donors (Lipinski definition) is 9. The molecule has 3 atom stereocenters. The number of amides is 4. The number of carboxylic acid groups (broad SMARTS) is 2. The second-order valence-electron chi connectivity index (χ2n) is 5.25. The van der Waals surface area contributed by atoms with Crippen LogP contribution in [0.25, 0.3) is 0 Å². The summed E-state index contributed by atoms with van der Waals surface area (Å²) in [6.07, 6.45) is -1.96. The molecule has 0 aromatic heterocycles. The predicted octanol–water partition coefficient (Wildman–Crippen LogP) is -5.40. The lowest BCUT2D eigenvalue weighted by molar-refractivity contribution is -0.146. The van der Waals surface area contributed by atoms with Gasteiger partial charge in [0.2, 0.25) is 17.7 Å². The summed E-state index contributed by atoms with van der Waals surface area (Å²) < 4.78 is 0. The minimum Gasteiger partial charge on any atom is -0.481 e. The van der Waals surface area contributed by atoms with Crippen molar-refractivity contribution in [3.05, 3.63) is 0 Å². The first-order chi connectivity index (χ1) is 12.4. The number of hydrazine groups is 2. The van der Waals surface area contributed by atoms with Gasteiger partial charge in [0, 0.05) is 0 Å². The van der Waals surface area contributed by atoms with Gasteiger partial charge in [0.15, 0.2) is 0 Å². The number of primary amides is 2. The van der Waals surface area contributed by atoms with E-state index in [4.69, 9.17) is 27.4 Å². The molecule has 0 saturated heterocycles. The van der Waals surface area contributed by atoms with Crippen LogP contribution in [0.2, 0.25) is 0 Å². The van der Waals surface area contributed by atoms with E-state index < -0.39 is 73.0 Å². The molecule has 0 bridgehead atoms. The third kappa shape index (κ3) is 10.3. The van der Waals surface area contributed by atoms with Gasteiger partial charge in [0.05, 0.1) is 25.3 Å². The van der Waals surface area contributed by atoms with Crippen molar-refractivity contribution in [2.24, 2.45) is 17.2 Å². The Morgan fingerprint density at radius 2 is 1.37 bits per heavy atom. The molecular weight excluding hydrogens is 370 g/mol. The van der Waals surface area contributed by atoms with Crippen LogP contribution in [0.1, 0.15) is 19.3 Å². The quantitative estimate of drug-likeness (QED) is 0.134. The van der Waals surface area contributed by atoms with Crippen LogP contribution in [0.4, 0.5) is 0 Å². The molecule has 3 unspecified atom stereocenters. The SMILES string of the molecule is NC(=O)CC(NNC(=O)CC(N)C(N)=O)C(=O)NNC(CC(=O)O)C(=O)O. The maximum absolute atomic E-state index is 12.0. The summed E-state index contributed by atoms with van der Waals surface area (Å²) in [5, 5.41) is 17.5. The Hall–Kier alpha value is -3.30. The van der Waals surface area contributed by atoms with Gasteiger partial charge in [0.1, 0.15) is 12.1 Å². The van der Waals surface area contributed by atoms with Crippen molar-refractivity contribution in [2.45, 2.75) is 37.4 Å². The van der Waals surface area contributed by atoms with Gasteiger partial charge in [-0.25, -0.2) is 10.9 Å². The summed E-state index contributed by atoms with van der Waals surface area (Å²) in [4.78, 5) is 66.9. The molecule has 0 heterocycles. The summed E-state index contributed by atoms with van der Waals surface area (Å²) >= 11 is 0. The van der Waals surface area contributed by atoms with Gasteiger partial charge in [-0.3, -0.25) is 39.6 Å². The van der Waals surface area contributed by atoms with Crippen LogP contribution in [0.3, 0.4) is 0 Å². The lowest BCUT2D eigenvalue weighted by Crippen LogP contribution is -2.58. The molecule has 4 amide bonds. The van der Waals surface area contributed by atoms with Crippen LogP contribution in [0.15, 0.2) is 0 Å². The molecule has 152 valence electrons. The van der Waals surface area contributed by atoms with E-state index >= 15 is 0 Å². The highest BCUT2D eigenvalue weighted by Gasteiger charge is 2.25. The highest BCUT2D eigenvalue weighted by molar-refractivity contribution is 5.89. The summed E-state index contributed by atoms with van der Waals surface area (Å²) in [5.74, 6) is -6.71. The zero-order valence-corrected chi connectivity index (χ0v) is 13.9. The number of hydrogen-bond acceptors (Lipinski definition) is 9. The maximum atomic E-state index is 12.0. The van der Waals surface area contributed by atoms with E-state index in [1.54, 1.807) is 0 Å². The highest BCUT2D eigenvalue weighted by atomic mass is 16.4. The molecule has 15 nitrogen and oxygen atoms in total. The summed E-state index contributed by atoms with van der Waals surface area (Å²) in [5.41, 5.74) is 23.2. The first-order valence-corrected chi connectivity index (χ1v) is 7.31. The Morgan fingerprint density at radius 1 is 0.815 bits per heavy atom. The summed E-state index contributed by atoms with van der Waals surface area (Å²) in [6.45, 7) is 0. The van der Waals surface area contributed by atoms with Gasteiger partial charge in [-0.15, -0.1) is 0 Å². The van der Waals surface area contributed by atoms with E-state index in [1.165, 1.54) is 0 Å². The van der Waals surface area contributed by atoms with Crippen molar-refractivity contribution >= 4 is 35.6 Å². The number of nitrogens with one attached hydrogen (secondary N) is 4. The van der Waals surface area contributed by atoms with Crippen LogP contribution in [-0.4, -0.2) is 63.9 Å². The van der Waals surface area contributed by atoms with E-state index in [0.29, 0.717) is 0 Å². The fourth-order valence-electron chi connectivity index (χ4n) is 1.55. The number of carbonyl (C=O) groups excluding carboxylic acids is 4. The average molecular weight is 391 g/mol. The Kier molecular flexibility index (Phi) is 9.96. The Balaban J connectivity index is 4.77. The Labute approximate surface area is 151 Å². The molecule has 0 rings (SSSR count). The van der Waals surface area contributed by atoms with Gasteiger partial charge < -0.3 is 27.4 Å². The van der Waals surface area contributed by atoms with Gasteiger partial charge in [0.25, 0.3) is 5.91 Å². The zero-order chi connectivity index (χ0) is 21.1. The molecule has 0 radical (unpaired) electrons. The molecule has 0 aromatic carbocycles. The number of carbonyl (C=O) groups is 6. The molecule has 0 spiro atoms. The molecule has 0 aliphatic carbocycles. The molecule has 27 heavy (non-hydrogen) atoms. The van der Waals surface area contributed by atoms with E-state index in [1.807, 2.05) is 16.3 Å². The first kappa shape index (κ1) is 23.7. The van der Waals surface area contributed by atoms with Crippen LogP contribution in [-0.2, 0) is 28.8 Å². The van der Waals surface area contributed by atoms with Crippen molar-refractivity contribution in [1.82, 2.24) is 21.7 Å². The minimum atomic E-state index is -1.65. The Morgan fingerprint density at radius 3 is 1.81 bits per heavy atom. The first-order valence-electron chi connectivity index (χ1n) is 7.31. The molecule has 0 aliphatic heterocycles. The Bertz CT molecular complexity index is 611. The number of nitrogens with two attached hydrogens (primary N) is 3. The topological polar surface area (TPSA) is 269 Å². The van der Waals surface area contributed by atoms with E-state index in [0.717, 1.165) is 0 Å². The number of carboxylic acids is 2. The van der Waals surface area contributed by atoms with E-state index in [9.17, 15) is 28.8 Å². The minimum absolute atomic E-state index is 0.509. The monoisotopic (exact) mass is 391 g/mol. The second-order valence-corrected chi connectivity index (χ2v) is 5.25. The largest absolute Gasteiger partial charge is 0.481 e. The van der Waals surface area contributed by atoms with Gasteiger partial charge in [-0.05, 0) is 0 Å². The normalized spacial score (nSPS) is 13.7. The average Bonchev–Trinajstić information content (AvgIpc) is 2.53. The smallest absolute Gasteiger partial charge is 0.323 e. The molecule has 12 N–H and O–H groups in total. The fraction of sp³-hybridized carbons (Fsp3) is 0.500. The van der Waals surface area contributed by atoms with Gasteiger partial charge in [-0.2, -0.15) is 0 Å². The molecule has 0 saturated carbocycles. The van der Waals surface area contributed by atoms with Crippen molar-refractivity contribution in [2.75, 3.05) is 0 Å². The third-order valence-electron chi connectivity index (χ3n) is 2.92. The van der Waals surface area contributed by atoms with E-state index in [-0.39, 0.29) is 0 Å². The highest BCUT2D eigenvalue weighted by Crippen LogP contribution is 1.94. The van der Waals surface area contributed by atoms with Gasteiger partial charge in [-0.1, -0.05) is 0 Å². The maximum Gasteiger partial charge on any atom is 0.323 e. The second kappa shape index (κ2) is 11.3. The fourth-order valence-corrected chi connectivity index (χ4v) is 1.55. The lowest BCUT2D eigenvalue weighted by atomic mass is 10.2. The van der Waals surface area contributed by atoms with Crippen LogP contribution in [0, 0.1) is 0 Å². The third-order valence-corrected chi connectivity index (χ3v) is 2.92. The molecular formula is C12H21N7O8.